The molecule has 9 heteroatoms. The highest BCUT2D eigenvalue weighted by Gasteiger charge is 2.64. The van der Waals surface area contributed by atoms with Crippen LogP contribution in [0.1, 0.15) is 32.8 Å². The first-order chi connectivity index (χ1) is 12.5. The number of benzene rings is 1. The van der Waals surface area contributed by atoms with Gasteiger partial charge in [0, 0.05) is 17.1 Å². The van der Waals surface area contributed by atoms with Crippen molar-refractivity contribution in [1.82, 2.24) is 0 Å². The van der Waals surface area contributed by atoms with Gasteiger partial charge >= 0.3 is 12.1 Å². The van der Waals surface area contributed by atoms with Gasteiger partial charge < -0.3 is 14.2 Å². The molecule has 0 spiro atoms. The molecule has 0 saturated heterocycles. The van der Waals surface area contributed by atoms with Crippen LogP contribution < -0.4 is 4.74 Å². The number of rotatable bonds is 5. The highest BCUT2D eigenvalue weighted by atomic mass is 19.4. The number of hydrogen-bond acceptors (Lipinski definition) is 4. The Morgan fingerprint density at radius 2 is 1.89 bits per heavy atom. The normalized spacial score (nSPS) is 22.6. The predicted octanol–water partition coefficient (Wildman–Crippen LogP) is 4.63. The third-order valence-electron chi connectivity index (χ3n) is 4.55. The Bertz CT molecular complexity index is 772. The van der Waals surface area contributed by atoms with Gasteiger partial charge in [-0.05, 0) is 32.4 Å². The number of hydrogen-bond donors (Lipinski definition) is 0. The van der Waals surface area contributed by atoms with Crippen molar-refractivity contribution in [3.63, 3.8) is 0 Å². The van der Waals surface area contributed by atoms with Crippen molar-refractivity contribution in [3.8, 4) is 5.75 Å². The van der Waals surface area contributed by atoms with Gasteiger partial charge in [0.2, 0.25) is 17.2 Å². The van der Waals surface area contributed by atoms with Gasteiger partial charge in [0.15, 0.2) is 11.6 Å². The van der Waals surface area contributed by atoms with E-state index in [2.05, 4.69) is 0 Å². The lowest BCUT2D eigenvalue weighted by molar-refractivity contribution is -0.264. The van der Waals surface area contributed by atoms with E-state index < -0.39 is 46.8 Å². The summed E-state index contributed by atoms with van der Waals surface area (Å²) in [5.41, 5.74) is -3.17. The van der Waals surface area contributed by atoms with Crippen LogP contribution in [0.15, 0.2) is 17.9 Å². The zero-order chi connectivity index (χ0) is 20.6. The number of alkyl halides is 3. The number of ether oxygens (including phenoxy) is 3. The van der Waals surface area contributed by atoms with Crippen LogP contribution in [0.25, 0.3) is 5.57 Å². The summed E-state index contributed by atoms with van der Waals surface area (Å²) in [6.07, 6.45) is -4.92. The summed E-state index contributed by atoms with van der Waals surface area (Å²) in [6.45, 7) is 3.65. The van der Waals surface area contributed by atoms with Gasteiger partial charge in [0.1, 0.15) is 0 Å². The van der Waals surface area contributed by atoms with E-state index in [-0.39, 0.29) is 24.2 Å². The number of esters is 1. The lowest BCUT2D eigenvalue weighted by atomic mass is 9.79. The summed E-state index contributed by atoms with van der Waals surface area (Å²) >= 11 is 0. The van der Waals surface area contributed by atoms with Crippen LogP contribution in [-0.2, 0) is 14.3 Å². The zero-order valence-electron chi connectivity index (χ0n) is 15.2. The Balaban J connectivity index is 2.79. The fraction of sp³-hybridized carbons (Fsp3) is 0.500. The summed E-state index contributed by atoms with van der Waals surface area (Å²) < 4.78 is 83.7. The van der Waals surface area contributed by atoms with E-state index in [1.54, 1.807) is 0 Å². The monoisotopic (exact) mass is 394 g/mol. The first-order valence-electron chi connectivity index (χ1n) is 8.22. The first-order valence-corrected chi connectivity index (χ1v) is 8.22. The van der Waals surface area contributed by atoms with E-state index in [0.717, 1.165) is 26.2 Å². The summed E-state index contributed by atoms with van der Waals surface area (Å²) in [5, 5.41) is 0. The second-order valence-electron chi connectivity index (χ2n) is 6.07. The van der Waals surface area contributed by atoms with Crippen LogP contribution in [-0.4, -0.2) is 31.5 Å². The maximum absolute atomic E-state index is 14.1. The predicted molar refractivity (Wildman–Crippen MR) is 85.8 cm³/mol. The maximum atomic E-state index is 14.1. The second kappa shape index (κ2) is 7.36. The summed E-state index contributed by atoms with van der Waals surface area (Å²) in [7, 11) is 1.05. The van der Waals surface area contributed by atoms with E-state index in [0.29, 0.717) is 0 Å². The molecule has 0 bridgehead atoms. The van der Waals surface area contributed by atoms with Crippen LogP contribution >= 0.6 is 0 Å². The molecule has 1 aliphatic rings. The number of carbonyl (C=O) groups is 1. The molecule has 2 rings (SSSR count). The molecule has 0 fully saturated rings. The van der Waals surface area contributed by atoms with E-state index in [4.69, 9.17) is 14.2 Å². The van der Waals surface area contributed by atoms with Crippen LogP contribution in [0, 0.1) is 17.6 Å². The Hall–Kier alpha value is -2.32. The minimum absolute atomic E-state index is 0.0869. The smallest absolute Gasteiger partial charge is 0.428 e. The molecule has 27 heavy (non-hydrogen) atoms. The van der Waals surface area contributed by atoms with Crippen LogP contribution in [0.3, 0.4) is 0 Å². The van der Waals surface area contributed by atoms with Crippen molar-refractivity contribution in [1.29, 1.82) is 0 Å². The van der Waals surface area contributed by atoms with Crippen molar-refractivity contribution in [3.05, 3.63) is 35.1 Å². The van der Waals surface area contributed by atoms with Gasteiger partial charge in [0.25, 0.3) is 0 Å². The molecule has 0 saturated carbocycles. The van der Waals surface area contributed by atoms with E-state index in [1.165, 1.54) is 13.8 Å². The second-order valence-corrected chi connectivity index (χ2v) is 6.07. The van der Waals surface area contributed by atoms with Crippen LogP contribution in [0.2, 0.25) is 0 Å². The molecular formula is C18H19F5O4. The largest absolute Gasteiger partial charge is 0.493 e. The molecule has 0 aromatic heterocycles. The average Bonchev–Trinajstić information content (AvgIpc) is 2.91. The van der Waals surface area contributed by atoms with Crippen molar-refractivity contribution >= 4 is 11.5 Å². The molecule has 0 radical (unpaired) electrons. The lowest BCUT2D eigenvalue weighted by Crippen LogP contribution is -2.48. The highest BCUT2D eigenvalue weighted by Crippen LogP contribution is 2.55. The fourth-order valence-corrected chi connectivity index (χ4v) is 3.22. The standard InChI is InChI=1S/C18H19F5O4/c1-5-10-12(9-7-8-11(19)13(20)14(9)25-4)15(16(24)26-6-2)27-17(10,3)18(21,22)23/h7-8,10H,5-6H2,1-4H3. The third kappa shape index (κ3) is 3.35. The minimum atomic E-state index is -4.83. The van der Waals surface area contributed by atoms with Crippen molar-refractivity contribution in [2.45, 2.75) is 39.0 Å². The van der Waals surface area contributed by atoms with Gasteiger partial charge in [0.05, 0.1) is 13.7 Å². The molecule has 0 aliphatic carbocycles. The average molecular weight is 394 g/mol. The fourth-order valence-electron chi connectivity index (χ4n) is 3.22. The van der Waals surface area contributed by atoms with E-state index in [1.807, 2.05) is 0 Å². The van der Waals surface area contributed by atoms with E-state index in [9.17, 15) is 26.7 Å². The quantitative estimate of drug-likeness (QED) is 0.540. The van der Waals surface area contributed by atoms with Gasteiger partial charge in [-0.2, -0.15) is 17.6 Å². The van der Waals surface area contributed by atoms with Crippen molar-refractivity contribution < 1.29 is 41.0 Å². The molecular weight excluding hydrogens is 375 g/mol. The Labute approximate surface area is 152 Å². The zero-order valence-corrected chi connectivity index (χ0v) is 15.2. The molecule has 1 heterocycles. The number of carbonyl (C=O) groups excluding carboxylic acids is 1. The van der Waals surface area contributed by atoms with Crippen molar-refractivity contribution in [2.24, 2.45) is 5.92 Å². The summed E-state index contributed by atoms with van der Waals surface area (Å²) in [4.78, 5) is 12.3. The van der Waals surface area contributed by atoms with Crippen molar-refractivity contribution in [2.75, 3.05) is 13.7 Å². The molecule has 150 valence electrons. The molecule has 2 unspecified atom stereocenters. The first kappa shape index (κ1) is 21.0. The summed E-state index contributed by atoms with van der Waals surface area (Å²) in [5.74, 6) is -6.39. The molecule has 0 N–H and O–H groups in total. The Morgan fingerprint density at radius 1 is 1.26 bits per heavy atom. The Morgan fingerprint density at radius 3 is 2.37 bits per heavy atom. The van der Waals surface area contributed by atoms with Gasteiger partial charge in [-0.3, -0.25) is 0 Å². The summed E-state index contributed by atoms with van der Waals surface area (Å²) in [6, 6.07) is 1.80. The molecule has 2 atom stereocenters. The highest BCUT2D eigenvalue weighted by molar-refractivity contribution is 5.98. The van der Waals surface area contributed by atoms with Gasteiger partial charge in [-0.15, -0.1) is 0 Å². The lowest BCUT2D eigenvalue weighted by Gasteiger charge is -2.33. The van der Waals surface area contributed by atoms with Crippen LogP contribution in [0.5, 0.6) is 5.75 Å². The SMILES string of the molecule is CCOC(=O)C1=C(c2ccc(F)c(F)c2OC)C(CC)C(C)(C(F)(F)F)O1. The molecule has 1 aromatic carbocycles. The molecule has 1 aliphatic heterocycles. The molecule has 4 nitrogen and oxygen atoms in total. The van der Waals surface area contributed by atoms with Gasteiger partial charge in [-0.1, -0.05) is 6.92 Å². The molecule has 1 aromatic rings. The van der Waals surface area contributed by atoms with Crippen LogP contribution in [0.4, 0.5) is 22.0 Å². The molecule has 0 amide bonds. The van der Waals surface area contributed by atoms with E-state index >= 15 is 0 Å². The minimum Gasteiger partial charge on any atom is -0.493 e. The number of methoxy groups -OCH3 is 1. The third-order valence-corrected chi connectivity index (χ3v) is 4.55. The topological polar surface area (TPSA) is 44.8 Å². The maximum Gasteiger partial charge on any atom is 0.428 e. The Kier molecular flexibility index (Phi) is 5.72. The number of halogens is 5. The van der Waals surface area contributed by atoms with Gasteiger partial charge in [-0.25, -0.2) is 9.18 Å².